The van der Waals surface area contributed by atoms with Crippen molar-refractivity contribution in [2.45, 2.75) is 52.7 Å². The number of nitrogens with zero attached hydrogens (tertiary/aromatic N) is 3. The monoisotopic (exact) mass is 329 g/mol. The Morgan fingerprint density at radius 2 is 1.50 bits per heavy atom. The van der Waals surface area contributed by atoms with Gasteiger partial charge in [0.05, 0.1) is 11.9 Å². The molecule has 1 heterocycles. The molecule has 122 valence electrons. The van der Waals surface area contributed by atoms with Gasteiger partial charge < -0.3 is 9.47 Å². The van der Waals surface area contributed by atoms with Crippen LogP contribution >= 0.6 is 11.6 Å². The molecule has 0 saturated heterocycles. The van der Waals surface area contributed by atoms with Crippen molar-refractivity contribution < 1.29 is 19.1 Å². The van der Waals surface area contributed by atoms with Crippen LogP contribution in [0.2, 0.25) is 5.15 Å². The number of anilines is 1. The minimum atomic E-state index is -0.884. The number of halogens is 1. The fraction of sp³-hybridized carbons (Fsp3) is 0.571. The van der Waals surface area contributed by atoms with Crippen molar-refractivity contribution in [2.75, 3.05) is 4.90 Å². The molecule has 1 aromatic rings. The molecule has 0 N–H and O–H groups in total. The molecule has 1 aromatic heterocycles. The topological polar surface area (TPSA) is 81.6 Å². The molecule has 0 fully saturated rings. The molecule has 0 atom stereocenters. The molecule has 22 heavy (non-hydrogen) atoms. The average molecular weight is 330 g/mol. The van der Waals surface area contributed by atoms with Crippen molar-refractivity contribution in [2.24, 2.45) is 0 Å². The zero-order valence-corrected chi connectivity index (χ0v) is 14.3. The lowest BCUT2D eigenvalue weighted by Gasteiger charge is -2.28. The summed E-state index contributed by atoms with van der Waals surface area (Å²) in [6.45, 7) is 10.1. The maximum absolute atomic E-state index is 12.3. The second-order valence-corrected chi connectivity index (χ2v) is 6.92. The molecule has 0 bridgehead atoms. The molecule has 0 aliphatic heterocycles. The van der Waals surface area contributed by atoms with Crippen LogP contribution in [0.5, 0.6) is 0 Å². The Kier molecular flexibility index (Phi) is 5.35. The van der Waals surface area contributed by atoms with Gasteiger partial charge in [-0.3, -0.25) is 0 Å². The van der Waals surface area contributed by atoms with Crippen LogP contribution in [-0.2, 0) is 9.47 Å². The minimum Gasteiger partial charge on any atom is -0.443 e. The van der Waals surface area contributed by atoms with Crippen LogP contribution < -0.4 is 4.90 Å². The van der Waals surface area contributed by atoms with Crippen molar-refractivity contribution in [3.05, 3.63) is 17.4 Å². The van der Waals surface area contributed by atoms with Gasteiger partial charge in [-0.25, -0.2) is 9.59 Å². The molecule has 0 aliphatic rings. The largest absolute Gasteiger partial charge is 0.443 e. The number of hydrogen-bond acceptors (Lipinski definition) is 6. The first-order valence-corrected chi connectivity index (χ1v) is 7.01. The number of carbonyl (C=O) groups is 2. The summed E-state index contributed by atoms with van der Waals surface area (Å²) >= 11 is 5.76. The van der Waals surface area contributed by atoms with Gasteiger partial charge >= 0.3 is 12.2 Å². The summed E-state index contributed by atoms with van der Waals surface area (Å²) in [6, 6.07) is 1.32. The number of ether oxygens (including phenoxy) is 2. The summed E-state index contributed by atoms with van der Waals surface area (Å²) < 4.78 is 10.4. The van der Waals surface area contributed by atoms with E-state index in [9.17, 15) is 9.59 Å². The third kappa shape index (κ3) is 5.85. The SMILES string of the molecule is CC(C)(C)OC(=O)N(C(=O)OC(C)(C)C)c1cnnc(Cl)c1. The van der Waals surface area contributed by atoms with E-state index < -0.39 is 23.4 Å². The third-order valence-electron chi connectivity index (χ3n) is 2.02. The highest BCUT2D eigenvalue weighted by molar-refractivity contribution is 6.29. The Bertz CT molecular complexity index is 536. The highest BCUT2D eigenvalue weighted by Crippen LogP contribution is 2.22. The van der Waals surface area contributed by atoms with E-state index in [1.54, 1.807) is 41.5 Å². The summed E-state index contributed by atoms with van der Waals surface area (Å²) in [7, 11) is 0. The van der Waals surface area contributed by atoms with E-state index in [0.717, 1.165) is 4.90 Å². The maximum Gasteiger partial charge on any atom is 0.424 e. The molecule has 7 nitrogen and oxygen atoms in total. The molecule has 0 radical (unpaired) electrons. The van der Waals surface area contributed by atoms with Crippen molar-refractivity contribution in [1.29, 1.82) is 0 Å². The molecule has 0 spiro atoms. The van der Waals surface area contributed by atoms with E-state index in [1.807, 2.05) is 0 Å². The smallest absolute Gasteiger partial charge is 0.424 e. The van der Waals surface area contributed by atoms with Gasteiger partial charge in [0, 0.05) is 6.07 Å². The summed E-state index contributed by atoms with van der Waals surface area (Å²) in [5, 5.41) is 7.23. The second-order valence-electron chi connectivity index (χ2n) is 6.53. The molecular weight excluding hydrogens is 310 g/mol. The predicted octanol–water partition coefficient (Wildman–Crippen LogP) is 3.81. The van der Waals surface area contributed by atoms with Crippen LogP contribution in [0.1, 0.15) is 41.5 Å². The van der Waals surface area contributed by atoms with E-state index in [-0.39, 0.29) is 10.8 Å². The van der Waals surface area contributed by atoms with Crippen LogP contribution in [0.15, 0.2) is 12.3 Å². The van der Waals surface area contributed by atoms with Gasteiger partial charge in [0.15, 0.2) is 5.15 Å². The van der Waals surface area contributed by atoms with Gasteiger partial charge in [-0.05, 0) is 41.5 Å². The van der Waals surface area contributed by atoms with Crippen LogP contribution in [0.3, 0.4) is 0 Å². The normalized spacial score (nSPS) is 11.8. The fourth-order valence-electron chi connectivity index (χ4n) is 1.35. The Morgan fingerprint density at radius 1 is 1.05 bits per heavy atom. The number of hydrogen-bond donors (Lipinski definition) is 0. The highest BCUT2D eigenvalue weighted by atomic mass is 35.5. The zero-order chi connectivity index (χ0) is 17.1. The summed E-state index contributed by atoms with van der Waals surface area (Å²) in [5.74, 6) is 0. The van der Waals surface area contributed by atoms with Gasteiger partial charge in [-0.1, -0.05) is 11.6 Å². The first kappa shape index (κ1) is 18.2. The second kappa shape index (κ2) is 6.48. The first-order valence-electron chi connectivity index (χ1n) is 6.63. The number of imide groups is 1. The Hall–Kier alpha value is -1.89. The molecule has 1 rings (SSSR count). The van der Waals surface area contributed by atoms with Crippen molar-refractivity contribution >= 4 is 29.5 Å². The van der Waals surface area contributed by atoms with E-state index in [1.165, 1.54) is 12.3 Å². The van der Waals surface area contributed by atoms with E-state index in [2.05, 4.69) is 10.2 Å². The molecule has 0 saturated carbocycles. The number of aromatic nitrogens is 2. The molecule has 0 aromatic carbocycles. The van der Waals surface area contributed by atoms with E-state index >= 15 is 0 Å². The first-order chi connectivity index (χ1) is 9.89. The van der Waals surface area contributed by atoms with E-state index in [0.29, 0.717) is 0 Å². The lowest BCUT2D eigenvalue weighted by molar-refractivity contribution is 0.0430. The van der Waals surface area contributed by atoms with Crippen LogP contribution in [-0.4, -0.2) is 33.6 Å². The van der Waals surface area contributed by atoms with Gasteiger partial charge in [-0.15, -0.1) is 5.10 Å². The summed E-state index contributed by atoms with van der Waals surface area (Å²) in [6.07, 6.45) is -0.545. The average Bonchev–Trinajstić information content (AvgIpc) is 2.23. The predicted molar refractivity (Wildman–Crippen MR) is 82.0 cm³/mol. The lowest BCUT2D eigenvalue weighted by Crippen LogP contribution is -2.43. The third-order valence-corrected chi connectivity index (χ3v) is 2.21. The van der Waals surface area contributed by atoms with Gasteiger partial charge in [0.25, 0.3) is 0 Å². The Labute approximate surface area is 134 Å². The van der Waals surface area contributed by atoms with Gasteiger partial charge in [0.2, 0.25) is 0 Å². The van der Waals surface area contributed by atoms with Gasteiger partial charge in [0.1, 0.15) is 11.2 Å². The van der Waals surface area contributed by atoms with Crippen LogP contribution in [0.25, 0.3) is 0 Å². The number of carbonyl (C=O) groups excluding carboxylic acids is 2. The number of amides is 2. The quantitative estimate of drug-likeness (QED) is 0.779. The summed E-state index contributed by atoms with van der Waals surface area (Å²) in [4.78, 5) is 25.4. The van der Waals surface area contributed by atoms with Crippen LogP contribution in [0, 0.1) is 0 Å². The van der Waals surface area contributed by atoms with Crippen LogP contribution in [0.4, 0.5) is 15.3 Å². The minimum absolute atomic E-state index is 0.0367. The fourth-order valence-corrected chi connectivity index (χ4v) is 1.51. The highest BCUT2D eigenvalue weighted by Gasteiger charge is 2.33. The maximum atomic E-state index is 12.3. The van der Waals surface area contributed by atoms with Gasteiger partial charge in [-0.2, -0.15) is 10.00 Å². The molecule has 8 heteroatoms. The Morgan fingerprint density at radius 3 is 1.86 bits per heavy atom. The number of rotatable bonds is 1. The molecule has 0 unspecified atom stereocenters. The summed E-state index contributed by atoms with van der Waals surface area (Å²) in [5.41, 5.74) is -1.44. The van der Waals surface area contributed by atoms with E-state index in [4.69, 9.17) is 21.1 Å². The lowest BCUT2D eigenvalue weighted by atomic mass is 10.2. The zero-order valence-electron chi connectivity index (χ0n) is 13.5. The van der Waals surface area contributed by atoms with Crippen molar-refractivity contribution in [3.63, 3.8) is 0 Å². The standard InChI is InChI=1S/C14H20ClN3O4/c1-13(2,3)21-11(19)18(12(20)22-14(4,5)6)9-7-10(15)17-16-8-9/h7-8H,1-6H3. The molecule has 0 aliphatic carbocycles. The van der Waals surface area contributed by atoms with Crippen molar-refractivity contribution in [3.8, 4) is 0 Å². The molecule has 2 amide bonds. The van der Waals surface area contributed by atoms with Crippen molar-refractivity contribution in [1.82, 2.24) is 10.2 Å². The Balaban J connectivity index is 3.15. The molecular formula is C14H20ClN3O4.